The monoisotopic (exact) mass is 272 g/mol. The highest BCUT2D eigenvalue weighted by atomic mass is 79.9. The van der Waals surface area contributed by atoms with Gasteiger partial charge in [-0.2, -0.15) is 0 Å². The van der Waals surface area contributed by atoms with Crippen LogP contribution in [0.5, 0.6) is 5.75 Å². The minimum atomic E-state index is 0.0578. The highest BCUT2D eigenvalue weighted by Gasteiger charge is 2.14. The summed E-state index contributed by atoms with van der Waals surface area (Å²) < 4.78 is 17.4. The summed E-state index contributed by atoms with van der Waals surface area (Å²) >= 11 is 3.37. The molecule has 82 valence electrons. The average molecular weight is 273 g/mol. The Balaban J connectivity index is 1.79. The Morgan fingerprint density at radius 3 is 2.73 bits per heavy atom. The fourth-order valence-electron chi connectivity index (χ4n) is 1.35. The van der Waals surface area contributed by atoms with Crippen LogP contribution in [0.15, 0.2) is 28.7 Å². The zero-order valence-electron chi connectivity index (χ0n) is 8.32. The van der Waals surface area contributed by atoms with Crippen molar-refractivity contribution in [2.75, 3.05) is 26.4 Å². The molecular formula is C11H13BrO3. The molecule has 3 nitrogen and oxygen atoms in total. The molecule has 0 radical (unpaired) electrons. The maximum atomic E-state index is 5.57. The molecule has 1 atom stereocenters. The summed E-state index contributed by atoms with van der Waals surface area (Å²) in [5.41, 5.74) is 0. The van der Waals surface area contributed by atoms with Crippen molar-refractivity contribution < 1.29 is 14.2 Å². The third kappa shape index (κ3) is 3.48. The second-order valence-corrected chi connectivity index (χ2v) is 4.25. The zero-order chi connectivity index (χ0) is 10.5. The van der Waals surface area contributed by atoms with Gasteiger partial charge in [0.15, 0.2) is 0 Å². The van der Waals surface area contributed by atoms with E-state index < -0.39 is 0 Å². The standard InChI is InChI=1S/C11H13BrO3/c12-9-1-3-10(4-2-9)15-8-11-7-13-5-6-14-11/h1-4,11H,5-8H2/t11-/m0/s1. The number of rotatable bonds is 3. The van der Waals surface area contributed by atoms with Gasteiger partial charge < -0.3 is 14.2 Å². The number of benzene rings is 1. The van der Waals surface area contributed by atoms with Gasteiger partial charge >= 0.3 is 0 Å². The summed E-state index contributed by atoms with van der Waals surface area (Å²) in [6.45, 7) is 2.52. The Kier molecular flexibility index (Phi) is 4.00. The van der Waals surface area contributed by atoms with E-state index in [2.05, 4.69) is 15.9 Å². The van der Waals surface area contributed by atoms with E-state index in [9.17, 15) is 0 Å². The van der Waals surface area contributed by atoms with Gasteiger partial charge in [0, 0.05) is 4.47 Å². The highest BCUT2D eigenvalue weighted by Crippen LogP contribution is 2.16. The normalized spacial score (nSPS) is 21.3. The third-order valence-electron chi connectivity index (χ3n) is 2.13. The van der Waals surface area contributed by atoms with E-state index in [1.807, 2.05) is 24.3 Å². The molecule has 1 fully saturated rings. The van der Waals surface area contributed by atoms with Gasteiger partial charge in [0.25, 0.3) is 0 Å². The van der Waals surface area contributed by atoms with Crippen LogP contribution >= 0.6 is 15.9 Å². The summed E-state index contributed by atoms with van der Waals surface area (Å²) in [6, 6.07) is 7.75. The first-order valence-electron chi connectivity index (χ1n) is 4.92. The van der Waals surface area contributed by atoms with Crippen molar-refractivity contribution in [3.8, 4) is 5.75 Å². The molecule has 0 unspecified atom stereocenters. The molecule has 0 spiro atoms. The Labute approximate surface area is 97.5 Å². The van der Waals surface area contributed by atoms with Crippen LogP contribution in [-0.4, -0.2) is 32.5 Å². The number of halogens is 1. The average Bonchev–Trinajstić information content (AvgIpc) is 2.30. The van der Waals surface area contributed by atoms with E-state index in [0.717, 1.165) is 10.2 Å². The van der Waals surface area contributed by atoms with Gasteiger partial charge in [0.1, 0.15) is 18.5 Å². The SMILES string of the molecule is Brc1ccc(OC[C@@H]2COCCO2)cc1. The first kappa shape index (κ1) is 10.9. The molecule has 1 aromatic rings. The lowest BCUT2D eigenvalue weighted by molar-refractivity contribution is -0.101. The molecular weight excluding hydrogens is 260 g/mol. The quantitative estimate of drug-likeness (QED) is 0.845. The largest absolute Gasteiger partial charge is 0.491 e. The van der Waals surface area contributed by atoms with Crippen LogP contribution in [0.3, 0.4) is 0 Å². The number of hydrogen-bond donors (Lipinski definition) is 0. The first-order valence-corrected chi connectivity index (χ1v) is 5.71. The van der Waals surface area contributed by atoms with Crippen molar-refractivity contribution in [1.29, 1.82) is 0 Å². The molecule has 1 aromatic carbocycles. The molecule has 0 saturated carbocycles. The number of ether oxygens (including phenoxy) is 3. The van der Waals surface area contributed by atoms with Gasteiger partial charge in [0.05, 0.1) is 19.8 Å². The molecule has 4 heteroatoms. The molecule has 0 aromatic heterocycles. The fraction of sp³-hybridized carbons (Fsp3) is 0.455. The van der Waals surface area contributed by atoms with E-state index >= 15 is 0 Å². The smallest absolute Gasteiger partial charge is 0.119 e. The Morgan fingerprint density at radius 1 is 1.27 bits per heavy atom. The topological polar surface area (TPSA) is 27.7 Å². The second-order valence-electron chi connectivity index (χ2n) is 3.33. The van der Waals surface area contributed by atoms with E-state index in [-0.39, 0.29) is 6.10 Å². The van der Waals surface area contributed by atoms with Crippen molar-refractivity contribution in [2.45, 2.75) is 6.10 Å². The van der Waals surface area contributed by atoms with Crippen molar-refractivity contribution in [2.24, 2.45) is 0 Å². The molecule has 0 N–H and O–H groups in total. The van der Waals surface area contributed by atoms with Crippen LogP contribution in [0.1, 0.15) is 0 Å². The summed E-state index contributed by atoms with van der Waals surface area (Å²) in [5, 5.41) is 0. The predicted molar refractivity (Wildman–Crippen MR) is 60.2 cm³/mol. The van der Waals surface area contributed by atoms with Gasteiger partial charge in [0.2, 0.25) is 0 Å². The van der Waals surface area contributed by atoms with E-state index in [1.54, 1.807) is 0 Å². The first-order chi connectivity index (χ1) is 7.34. The van der Waals surface area contributed by atoms with Crippen LogP contribution < -0.4 is 4.74 Å². The van der Waals surface area contributed by atoms with Gasteiger partial charge in [-0.3, -0.25) is 0 Å². The number of hydrogen-bond acceptors (Lipinski definition) is 3. The Hall–Kier alpha value is -0.580. The lowest BCUT2D eigenvalue weighted by atomic mass is 10.3. The van der Waals surface area contributed by atoms with Crippen LogP contribution in [0.2, 0.25) is 0 Å². The third-order valence-corrected chi connectivity index (χ3v) is 2.66. The molecule has 0 amide bonds. The maximum absolute atomic E-state index is 5.57. The van der Waals surface area contributed by atoms with Crippen LogP contribution in [-0.2, 0) is 9.47 Å². The molecule has 1 saturated heterocycles. The van der Waals surface area contributed by atoms with Crippen molar-refractivity contribution >= 4 is 15.9 Å². The van der Waals surface area contributed by atoms with E-state index in [0.29, 0.717) is 26.4 Å². The molecule has 1 heterocycles. The van der Waals surface area contributed by atoms with Gasteiger partial charge in [-0.05, 0) is 24.3 Å². The molecule has 0 bridgehead atoms. The van der Waals surface area contributed by atoms with Crippen molar-refractivity contribution in [3.63, 3.8) is 0 Å². The fourth-order valence-corrected chi connectivity index (χ4v) is 1.62. The van der Waals surface area contributed by atoms with Gasteiger partial charge in [-0.1, -0.05) is 15.9 Å². The molecule has 1 aliphatic heterocycles. The minimum Gasteiger partial charge on any atom is -0.491 e. The van der Waals surface area contributed by atoms with Crippen molar-refractivity contribution in [1.82, 2.24) is 0 Å². The van der Waals surface area contributed by atoms with Gasteiger partial charge in [-0.25, -0.2) is 0 Å². The van der Waals surface area contributed by atoms with Crippen LogP contribution in [0.4, 0.5) is 0 Å². The summed E-state index contributed by atoms with van der Waals surface area (Å²) in [5.74, 6) is 0.854. The molecule has 2 rings (SSSR count). The molecule has 15 heavy (non-hydrogen) atoms. The minimum absolute atomic E-state index is 0.0578. The Morgan fingerprint density at radius 2 is 2.07 bits per heavy atom. The lowest BCUT2D eigenvalue weighted by Gasteiger charge is -2.22. The zero-order valence-corrected chi connectivity index (χ0v) is 9.90. The highest BCUT2D eigenvalue weighted by molar-refractivity contribution is 9.10. The van der Waals surface area contributed by atoms with Crippen LogP contribution in [0.25, 0.3) is 0 Å². The van der Waals surface area contributed by atoms with Crippen molar-refractivity contribution in [3.05, 3.63) is 28.7 Å². The summed E-state index contributed by atoms with van der Waals surface area (Å²) in [4.78, 5) is 0. The summed E-state index contributed by atoms with van der Waals surface area (Å²) in [6.07, 6.45) is 0.0578. The van der Waals surface area contributed by atoms with E-state index in [1.165, 1.54) is 0 Å². The predicted octanol–water partition coefficient (Wildman–Crippen LogP) is 2.24. The van der Waals surface area contributed by atoms with Crippen LogP contribution in [0, 0.1) is 0 Å². The maximum Gasteiger partial charge on any atom is 0.119 e. The Bertz CT molecular complexity index is 293. The second kappa shape index (κ2) is 5.49. The van der Waals surface area contributed by atoms with Gasteiger partial charge in [-0.15, -0.1) is 0 Å². The molecule has 0 aliphatic carbocycles. The lowest BCUT2D eigenvalue weighted by Crippen LogP contribution is -2.33. The molecule has 1 aliphatic rings. The van der Waals surface area contributed by atoms with E-state index in [4.69, 9.17) is 14.2 Å². The summed E-state index contributed by atoms with van der Waals surface area (Å²) in [7, 11) is 0.